The Bertz CT molecular complexity index is 389. The molecule has 1 rings (SSSR count). The van der Waals surface area contributed by atoms with Gasteiger partial charge in [-0.2, -0.15) is 4.37 Å². The van der Waals surface area contributed by atoms with Crippen molar-refractivity contribution in [1.82, 2.24) is 9.69 Å². The molecule has 1 heterocycles. The Morgan fingerprint density at radius 1 is 1.53 bits per heavy atom. The average molecular weight is 256 g/mol. The van der Waals surface area contributed by atoms with E-state index in [1.54, 1.807) is 7.05 Å². The summed E-state index contributed by atoms with van der Waals surface area (Å²) < 4.78 is 4.03. The fraction of sp³-hybridized carbons (Fsp3) is 0.636. The van der Waals surface area contributed by atoms with E-state index in [9.17, 15) is 4.79 Å². The van der Waals surface area contributed by atoms with Crippen LogP contribution in [0, 0.1) is 5.92 Å². The minimum atomic E-state index is -0.197. The van der Waals surface area contributed by atoms with E-state index in [-0.39, 0.29) is 11.7 Å². The monoisotopic (exact) mass is 256 g/mol. The minimum absolute atomic E-state index is 0.197. The van der Waals surface area contributed by atoms with Crippen molar-refractivity contribution in [2.45, 2.75) is 33.2 Å². The van der Waals surface area contributed by atoms with Crippen molar-refractivity contribution >= 4 is 28.3 Å². The third-order valence-corrected chi connectivity index (χ3v) is 3.53. The molecule has 0 bridgehead atoms. The van der Waals surface area contributed by atoms with Crippen LogP contribution in [0.1, 0.15) is 37.6 Å². The third-order valence-electron chi connectivity index (χ3n) is 2.73. The highest BCUT2D eigenvalue weighted by atomic mass is 32.1. The number of carbonyl (C=O) groups is 1. The maximum atomic E-state index is 11.7. The quantitative estimate of drug-likeness (QED) is 0.752. The number of carbonyl (C=O) groups excluding carboxylic acids is 1. The van der Waals surface area contributed by atoms with E-state index in [1.165, 1.54) is 11.5 Å². The molecular formula is C11H20N4OS. The molecule has 1 atom stereocenters. The minimum Gasteiger partial charge on any atom is -0.382 e. The molecule has 1 amide bonds. The number of amides is 1. The van der Waals surface area contributed by atoms with Crippen LogP contribution in [0.2, 0.25) is 0 Å². The van der Waals surface area contributed by atoms with Gasteiger partial charge in [-0.05, 0) is 23.9 Å². The molecule has 0 aromatic carbocycles. The molecule has 0 saturated carbocycles. The summed E-state index contributed by atoms with van der Waals surface area (Å²) in [6, 6.07) is 0.318. The number of nitrogens with zero attached hydrogens (tertiary/aromatic N) is 1. The maximum absolute atomic E-state index is 11.7. The summed E-state index contributed by atoms with van der Waals surface area (Å²) in [7, 11) is 1.59. The number of anilines is 2. The van der Waals surface area contributed by atoms with E-state index in [4.69, 9.17) is 5.73 Å². The molecule has 0 radical (unpaired) electrons. The van der Waals surface area contributed by atoms with Crippen LogP contribution in [0.3, 0.4) is 0 Å². The molecule has 1 aromatic heterocycles. The highest BCUT2D eigenvalue weighted by Crippen LogP contribution is 2.28. The Balaban J connectivity index is 2.95. The zero-order valence-corrected chi connectivity index (χ0v) is 11.5. The first-order valence-electron chi connectivity index (χ1n) is 5.75. The maximum Gasteiger partial charge on any atom is 0.257 e. The van der Waals surface area contributed by atoms with Crippen LogP contribution in [-0.4, -0.2) is 23.4 Å². The summed E-state index contributed by atoms with van der Waals surface area (Å²) in [5.41, 5.74) is 6.16. The number of aromatic nitrogens is 1. The molecule has 0 aliphatic rings. The molecule has 5 nitrogen and oxygen atoms in total. The molecule has 0 aliphatic heterocycles. The predicted octanol–water partition coefficient (Wildman–Crippen LogP) is 1.93. The summed E-state index contributed by atoms with van der Waals surface area (Å²) in [4.78, 5) is 11.7. The molecule has 6 heteroatoms. The van der Waals surface area contributed by atoms with Gasteiger partial charge in [0.2, 0.25) is 0 Å². The number of nitrogens with two attached hydrogens (primary N) is 1. The normalized spacial score (nSPS) is 12.5. The van der Waals surface area contributed by atoms with E-state index in [0.717, 1.165) is 11.4 Å². The summed E-state index contributed by atoms with van der Waals surface area (Å²) in [5, 5.41) is 6.68. The van der Waals surface area contributed by atoms with Gasteiger partial charge in [0.25, 0.3) is 5.91 Å². The summed E-state index contributed by atoms with van der Waals surface area (Å²) in [6.07, 6.45) is 0.989. The second-order valence-corrected chi connectivity index (χ2v) is 5.03. The van der Waals surface area contributed by atoms with Gasteiger partial charge in [0.05, 0.1) is 0 Å². The van der Waals surface area contributed by atoms with Gasteiger partial charge in [-0.1, -0.05) is 20.8 Å². The summed E-state index contributed by atoms with van der Waals surface area (Å²) >= 11 is 1.23. The molecule has 4 N–H and O–H groups in total. The number of hydrogen-bond donors (Lipinski definition) is 3. The van der Waals surface area contributed by atoms with Crippen LogP contribution in [0.5, 0.6) is 0 Å². The Morgan fingerprint density at radius 3 is 2.65 bits per heavy atom. The van der Waals surface area contributed by atoms with E-state index >= 15 is 0 Å². The lowest BCUT2D eigenvalue weighted by atomic mass is 10.0. The van der Waals surface area contributed by atoms with Crippen molar-refractivity contribution < 1.29 is 4.79 Å². The number of nitrogen functional groups attached to an aromatic ring is 1. The molecule has 0 saturated heterocycles. The second-order valence-electron chi connectivity index (χ2n) is 4.25. The molecule has 17 heavy (non-hydrogen) atoms. The van der Waals surface area contributed by atoms with E-state index in [2.05, 4.69) is 35.8 Å². The van der Waals surface area contributed by atoms with Gasteiger partial charge in [-0.25, -0.2) is 0 Å². The van der Waals surface area contributed by atoms with Gasteiger partial charge < -0.3 is 16.4 Å². The second kappa shape index (κ2) is 5.86. The Morgan fingerprint density at radius 2 is 2.18 bits per heavy atom. The zero-order chi connectivity index (χ0) is 13.0. The van der Waals surface area contributed by atoms with E-state index in [1.807, 2.05) is 0 Å². The molecule has 0 spiro atoms. The number of nitrogens with one attached hydrogen (secondary N) is 2. The highest BCUT2D eigenvalue weighted by molar-refractivity contribution is 7.11. The first-order valence-corrected chi connectivity index (χ1v) is 6.52. The van der Waals surface area contributed by atoms with Crippen molar-refractivity contribution in [3.05, 3.63) is 5.56 Å². The standard InChI is InChI=1S/C11H20N4OS/c1-5-7(6(2)3)14-11-8(10(16)13-4)9(12)15-17-11/h6-7,14H,5H2,1-4H3,(H2,12,15)(H,13,16). The van der Waals surface area contributed by atoms with Crippen LogP contribution < -0.4 is 16.4 Å². The van der Waals surface area contributed by atoms with Crippen LogP contribution >= 0.6 is 11.5 Å². The zero-order valence-electron chi connectivity index (χ0n) is 10.7. The average Bonchev–Trinajstić information content (AvgIpc) is 2.66. The van der Waals surface area contributed by atoms with E-state index in [0.29, 0.717) is 17.5 Å². The first kappa shape index (κ1) is 13.8. The van der Waals surface area contributed by atoms with Crippen LogP contribution in [0.25, 0.3) is 0 Å². The molecule has 96 valence electrons. The lowest BCUT2D eigenvalue weighted by molar-refractivity contribution is 0.0965. The van der Waals surface area contributed by atoms with Gasteiger partial charge in [0, 0.05) is 13.1 Å². The molecular weight excluding hydrogens is 236 g/mol. The van der Waals surface area contributed by atoms with Crippen LogP contribution in [-0.2, 0) is 0 Å². The number of hydrogen-bond acceptors (Lipinski definition) is 5. The van der Waals surface area contributed by atoms with Crippen LogP contribution in [0.15, 0.2) is 0 Å². The fourth-order valence-corrected chi connectivity index (χ4v) is 2.43. The molecule has 1 unspecified atom stereocenters. The predicted molar refractivity (Wildman–Crippen MR) is 72.5 cm³/mol. The topological polar surface area (TPSA) is 80.0 Å². The van der Waals surface area contributed by atoms with Crippen molar-refractivity contribution in [2.24, 2.45) is 5.92 Å². The van der Waals surface area contributed by atoms with Gasteiger partial charge >= 0.3 is 0 Å². The van der Waals surface area contributed by atoms with Gasteiger partial charge in [-0.15, -0.1) is 0 Å². The van der Waals surface area contributed by atoms with E-state index < -0.39 is 0 Å². The molecule has 0 fully saturated rings. The first-order chi connectivity index (χ1) is 8.01. The third kappa shape index (κ3) is 3.09. The van der Waals surface area contributed by atoms with Crippen molar-refractivity contribution in [3.63, 3.8) is 0 Å². The lowest BCUT2D eigenvalue weighted by Gasteiger charge is -2.21. The Kier molecular flexibility index (Phi) is 4.74. The lowest BCUT2D eigenvalue weighted by Crippen LogP contribution is -2.26. The van der Waals surface area contributed by atoms with Crippen LogP contribution in [0.4, 0.5) is 10.8 Å². The number of rotatable bonds is 5. The Hall–Kier alpha value is -1.30. The van der Waals surface area contributed by atoms with Gasteiger partial charge in [0.1, 0.15) is 10.6 Å². The largest absolute Gasteiger partial charge is 0.382 e. The summed E-state index contributed by atoms with van der Waals surface area (Å²) in [6.45, 7) is 6.40. The van der Waals surface area contributed by atoms with Crippen molar-refractivity contribution in [3.8, 4) is 0 Å². The van der Waals surface area contributed by atoms with Crippen molar-refractivity contribution in [2.75, 3.05) is 18.1 Å². The highest BCUT2D eigenvalue weighted by Gasteiger charge is 2.21. The fourth-order valence-electron chi connectivity index (χ4n) is 1.65. The molecule has 0 aliphatic carbocycles. The molecule has 1 aromatic rings. The van der Waals surface area contributed by atoms with Gasteiger partial charge in [0.15, 0.2) is 5.82 Å². The Labute approximate surface area is 106 Å². The SMILES string of the molecule is CCC(Nc1snc(N)c1C(=O)NC)C(C)C. The smallest absolute Gasteiger partial charge is 0.257 e. The summed E-state index contributed by atoms with van der Waals surface area (Å²) in [5.74, 6) is 0.577. The van der Waals surface area contributed by atoms with Gasteiger partial charge in [-0.3, -0.25) is 4.79 Å². The van der Waals surface area contributed by atoms with Crippen molar-refractivity contribution in [1.29, 1.82) is 0 Å².